The number of benzene rings is 1. The molecular formula is C16H20ClFO4. The standard InChI is InChI=1S/C16H20ClFO4/c1-4-22-15(21)13-11(17)7-5-10(14(13)18)6-8-12(20)16(2,3)9-19/h5,7,19H,4,6,8-9H2,1-3H3. The summed E-state index contributed by atoms with van der Waals surface area (Å²) in [6.07, 6.45) is 0.187. The lowest BCUT2D eigenvalue weighted by Crippen LogP contribution is -2.28. The first kappa shape index (κ1) is 18.6. The summed E-state index contributed by atoms with van der Waals surface area (Å²) in [6, 6.07) is 2.85. The van der Waals surface area contributed by atoms with Crippen LogP contribution >= 0.6 is 11.6 Å². The fourth-order valence-corrected chi connectivity index (χ4v) is 2.08. The molecule has 0 aromatic heterocycles. The minimum atomic E-state index is -0.868. The highest BCUT2D eigenvalue weighted by Gasteiger charge is 2.27. The third-order valence-electron chi connectivity index (χ3n) is 3.42. The molecule has 1 aromatic carbocycles. The number of ketones is 1. The molecule has 1 aromatic rings. The van der Waals surface area contributed by atoms with Crippen molar-refractivity contribution in [3.05, 3.63) is 34.1 Å². The molecule has 0 unspecified atom stereocenters. The van der Waals surface area contributed by atoms with E-state index in [0.717, 1.165) is 0 Å². The highest BCUT2D eigenvalue weighted by Crippen LogP contribution is 2.25. The van der Waals surface area contributed by atoms with Gasteiger partial charge in [0.2, 0.25) is 0 Å². The molecule has 0 fully saturated rings. The zero-order valence-electron chi connectivity index (χ0n) is 12.9. The van der Waals surface area contributed by atoms with Crippen LogP contribution in [0, 0.1) is 11.2 Å². The van der Waals surface area contributed by atoms with Gasteiger partial charge in [0.1, 0.15) is 17.2 Å². The van der Waals surface area contributed by atoms with E-state index < -0.39 is 17.2 Å². The van der Waals surface area contributed by atoms with Crippen molar-refractivity contribution in [3.63, 3.8) is 0 Å². The topological polar surface area (TPSA) is 63.6 Å². The second-order valence-electron chi connectivity index (χ2n) is 5.58. The van der Waals surface area contributed by atoms with Gasteiger partial charge in [0, 0.05) is 11.8 Å². The molecule has 0 spiro atoms. The van der Waals surface area contributed by atoms with Crippen molar-refractivity contribution in [2.24, 2.45) is 5.41 Å². The molecule has 0 heterocycles. The van der Waals surface area contributed by atoms with Gasteiger partial charge in [-0.25, -0.2) is 9.18 Å². The number of carbonyl (C=O) groups excluding carboxylic acids is 2. The van der Waals surface area contributed by atoms with E-state index in [1.165, 1.54) is 12.1 Å². The maximum absolute atomic E-state index is 14.4. The summed E-state index contributed by atoms with van der Waals surface area (Å²) in [5.74, 6) is -1.77. The molecule has 0 aliphatic carbocycles. The Labute approximate surface area is 134 Å². The molecule has 4 nitrogen and oxygen atoms in total. The van der Waals surface area contributed by atoms with Crippen LogP contribution in [-0.2, 0) is 16.0 Å². The number of hydrogen-bond acceptors (Lipinski definition) is 4. The van der Waals surface area contributed by atoms with E-state index in [1.807, 2.05) is 0 Å². The Hall–Kier alpha value is -1.46. The molecule has 1 rings (SSSR count). The van der Waals surface area contributed by atoms with Crippen LogP contribution in [0.3, 0.4) is 0 Å². The van der Waals surface area contributed by atoms with Crippen LogP contribution in [-0.4, -0.2) is 30.1 Å². The van der Waals surface area contributed by atoms with Crippen LogP contribution in [0.5, 0.6) is 0 Å². The highest BCUT2D eigenvalue weighted by atomic mass is 35.5. The predicted molar refractivity (Wildman–Crippen MR) is 81.6 cm³/mol. The second kappa shape index (κ2) is 7.70. The number of aryl methyl sites for hydroxylation is 1. The fourth-order valence-electron chi connectivity index (χ4n) is 1.85. The Morgan fingerprint density at radius 3 is 2.55 bits per heavy atom. The average Bonchev–Trinajstić information content (AvgIpc) is 2.46. The number of aliphatic hydroxyl groups is 1. The third kappa shape index (κ3) is 4.27. The van der Waals surface area contributed by atoms with Crippen LogP contribution in [0.15, 0.2) is 12.1 Å². The molecule has 0 aliphatic rings. The molecule has 0 radical (unpaired) electrons. The molecule has 1 N–H and O–H groups in total. The first-order valence-corrected chi connectivity index (χ1v) is 7.40. The second-order valence-corrected chi connectivity index (χ2v) is 5.99. The first-order chi connectivity index (χ1) is 10.2. The Balaban J connectivity index is 2.96. The molecule has 0 saturated carbocycles. The lowest BCUT2D eigenvalue weighted by molar-refractivity contribution is -0.128. The van der Waals surface area contributed by atoms with Crippen molar-refractivity contribution < 1.29 is 23.8 Å². The van der Waals surface area contributed by atoms with Crippen molar-refractivity contribution >= 4 is 23.4 Å². The van der Waals surface area contributed by atoms with Gasteiger partial charge < -0.3 is 9.84 Å². The van der Waals surface area contributed by atoms with Crippen molar-refractivity contribution in [2.75, 3.05) is 13.2 Å². The molecule has 0 amide bonds. The molecular weight excluding hydrogens is 311 g/mol. The average molecular weight is 331 g/mol. The van der Waals surface area contributed by atoms with E-state index in [9.17, 15) is 14.0 Å². The number of halogens is 2. The largest absolute Gasteiger partial charge is 0.462 e. The molecule has 0 bridgehead atoms. The normalized spacial score (nSPS) is 11.4. The maximum Gasteiger partial charge on any atom is 0.342 e. The number of aliphatic hydroxyl groups excluding tert-OH is 1. The Bertz CT molecular complexity index is 570. The van der Waals surface area contributed by atoms with Gasteiger partial charge in [0.25, 0.3) is 0 Å². The van der Waals surface area contributed by atoms with Gasteiger partial charge in [-0.2, -0.15) is 0 Å². The summed E-state index contributed by atoms with van der Waals surface area (Å²) in [6.45, 7) is 4.70. The van der Waals surface area contributed by atoms with E-state index in [4.69, 9.17) is 21.4 Å². The van der Waals surface area contributed by atoms with Crippen molar-refractivity contribution in [1.82, 2.24) is 0 Å². The first-order valence-electron chi connectivity index (χ1n) is 7.02. The number of hydrogen-bond donors (Lipinski definition) is 1. The van der Waals surface area contributed by atoms with E-state index in [0.29, 0.717) is 0 Å². The van der Waals surface area contributed by atoms with E-state index in [-0.39, 0.29) is 48.0 Å². The van der Waals surface area contributed by atoms with Gasteiger partial charge >= 0.3 is 5.97 Å². The maximum atomic E-state index is 14.4. The van der Waals surface area contributed by atoms with Crippen LogP contribution in [0.1, 0.15) is 43.1 Å². The monoisotopic (exact) mass is 330 g/mol. The zero-order valence-corrected chi connectivity index (χ0v) is 13.7. The summed E-state index contributed by atoms with van der Waals surface area (Å²) < 4.78 is 19.2. The molecule has 0 aliphatic heterocycles. The number of carbonyl (C=O) groups is 2. The SMILES string of the molecule is CCOC(=O)c1c(Cl)ccc(CCC(=O)C(C)(C)CO)c1F. The molecule has 0 saturated heterocycles. The third-order valence-corrected chi connectivity index (χ3v) is 3.74. The zero-order chi connectivity index (χ0) is 16.9. The lowest BCUT2D eigenvalue weighted by Gasteiger charge is -2.19. The van der Waals surface area contributed by atoms with Crippen molar-refractivity contribution in [1.29, 1.82) is 0 Å². The smallest absolute Gasteiger partial charge is 0.342 e. The molecule has 0 atom stereocenters. The van der Waals surface area contributed by atoms with Gasteiger partial charge in [-0.05, 0) is 25.0 Å². The van der Waals surface area contributed by atoms with Crippen molar-refractivity contribution in [3.8, 4) is 0 Å². The van der Waals surface area contributed by atoms with Gasteiger partial charge in [-0.1, -0.05) is 31.5 Å². The number of esters is 1. The van der Waals surface area contributed by atoms with E-state index >= 15 is 0 Å². The summed E-state index contributed by atoms with van der Waals surface area (Å²) in [4.78, 5) is 23.7. The number of Topliss-reactive ketones (excluding diaryl/α,β-unsaturated/α-hetero) is 1. The quantitative estimate of drug-likeness (QED) is 0.780. The van der Waals surface area contributed by atoms with Crippen molar-refractivity contribution in [2.45, 2.75) is 33.6 Å². The van der Waals surface area contributed by atoms with E-state index in [2.05, 4.69) is 0 Å². The van der Waals surface area contributed by atoms with Crippen LogP contribution < -0.4 is 0 Å². The van der Waals surface area contributed by atoms with Crippen LogP contribution in [0.2, 0.25) is 5.02 Å². The summed E-state index contributed by atoms with van der Waals surface area (Å²) >= 11 is 5.85. The Morgan fingerprint density at radius 2 is 2.00 bits per heavy atom. The summed E-state index contributed by atoms with van der Waals surface area (Å²) in [7, 11) is 0. The Kier molecular flexibility index (Phi) is 6.50. The molecule has 6 heteroatoms. The van der Waals surface area contributed by atoms with Gasteiger partial charge in [-0.15, -0.1) is 0 Å². The number of ether oxygens (including phenoxy) is 1. The summed E-state index contributed by atoms with van der Waals surface area (Å²) in [5.41, 5.74) is -0.961. The summed E-state index contributed by atoms with van der Waals surface area (Å²) in [5, 5.41) is 9.13. The highest BCUT2D eigenvalue weighted by molar-refractivity contribution is 6.33. The number of rotatable bonds is 7. The van der Waals surface area contributed by atoms with Crippen LogP contribution in [0.4, 0.5) is 4.39 Å². The molecule has 22 heavy (non-hydrogen) atoms. The van der Waals surface area contributed by atoms with E-state index in [1.54, 1.807) is 20.8 Å². The van der Waals surface area contributed by atoms with Crippen LogP contribution in [0.25, 0.3) is 0 Å². The minimum Gasteiger partial charge on any atom is -0.462 e. The lowest BCUT2D eigenvalue weighted by atomic mass is 9.86. The molecule has 122 valence electrons. The minimum absolute atomic E-state index is 0.0262. The van der Waals surface area contributed by atoms with Gasteiger partial charge in [0.05, 0.1) is 18.2 Å². The fraction of sp³-hybridized carbons (Fsp3) is 0.500. The predicted octanol–water partition coefficient (Wildman–Crippen LogP) is 3.18. The van der Waals surface area contributed by atoms with Gasteiger partial charge in [-0.3, -0.25) is 4.79 Å². The Morgan fingerprint density at radius 1 is 1.36 bits per heavy atom. The van der Waals surface area contributed by atoms with Gasteiger partial charge in [0.15, 0.2) is 0 Å².